The summed E-state index contributed by atoms with van der Waals surface area (Å²) < 4.78 is 10.3. The number of amides is 1. The van der Waals surface area contributed by atoms with Crippen molar-refractivity contribution in [2.24, 2.45) is 0 Å². The van der Waals surface area contributed by atoms with E-state index < -0.39 is 0 Å². The Balaban J connectivity index is 1.96. The van der Waals surface area contributed by atoms with Crippen LogP contribution in [0, 0.1) is 0 Å². The summed E-state index contributed by atoms with van der Waals surface area (Å²) in [6.07, 6.45) is -0.169. The van der Waals surface area contributed by atoms with Crippen LogP contribution in [0.4, 0.5) is 5.69 Å². The van der Waals surface area contributed by atoms with E-state index in [1.54, 1.807) is 31.2 Å². The monoisotopic (exact) mass is 292 g/mol. The van der Waals surface area contributed by atoms with Crippen LogP contribution >= 0.6 is 0 Å². The highest BCUT2D eigenvalue weighted by molar-refractivity contribution is 5.96. The van der Waals surface area contributed by atoms with Crippen molar-refractivity contribution in [3.8, 4) is 0 Å². The third-order valence-electron chi connectivity index (χ3n) is 3.26. The zero-order valence-corrected chi connectivity index (χ0v) is 12.2. The van der Waals surface area contributed by atoms with Gasteiger partial charge in [-0.05, 0) is 38.1 Å². The highest BCUT2D eigenvalue weighted by Crippen LogP contribution is 2.13. The van der Waals surface area contributed by atoms with E-state index in [4.69, 9.17) is 9.47 Å². The standard InChI is InChI=1S/C15H20N2O4/c1-3-20-15(19)11-4-6-12(7-5-11)17-14(18)13-10(2)21-9-8-16-13/h4-7,10,13,16H,3,8-9H2,1-2H3,(H,17,18)/t10-,13+/m1/s1. The van der Waals surface area contributed by atoms with Crippen molar-refractivity contribution >= 4 is 17.6 Å². The smallest absolute Gasteiger partial charge is 0.338 e. The molecular formula is C15H20N2O4. The van der Waals surface area contributed by atoms with E-state index >= 15 is 0 Å². The lowest BCUT2D eigenvalue weighted by molar-refractivity contribution is -0.123. The molecule has 0 aromatic heterocycles. The molecule has 0 saturated carbocycles. The van der Waals surface area contributed by atoms with Crippen LogP contribution in [0.15, 0.2) is 24.3 Å². The number of rotatable bonds is 4. The molecule has 6 nitrogen and oxygen atoms in total. The molecule has 2 rings (SSSR count). The van der Waals surface area contributed by atoms with E-state index in [1.807, 2.05) is 6.92 Å². The molecule has 1 fully saturated rings. The lowest BCUT2D eigenvalue weighted by atomic mass is 10.1. The molecule has 0 bridgehead atoms. The molecule has 0 aliphatic carbocycles. The summed E-state index contributed by atoms with van der Waals surface area (Å²) in [5, 5.41) is 5.93. The minimum Gasteiger partial charge on any atom is -0.462 e. The number of morpholine rings is 1. The van der Waals surface area contributed by atoms with Crippen LogP contribution in [0.3, 0.4) is 0 Å². The molecule has 0 unspecified atom stereocenters. The highest BCUT2D eigenvalue weighted by Gasteiger charge is 2.28. The van der Waals surface area contributed by atoms with Crippen LogP contribution in [0.1, 0.15) is 24.2 Å². The molecule has 2 atom stereocenters. The van der Waals surface area contributed by atoms with Crippen LogP contribution < -0.4 is 10.6 Å². The van der Waals surface area contributed by atoms with E-state index in [0.717, 1.165) is 0 Å². The van der Waals surface area contributed by atoms with Crippen LogP contribution in [0.25, 0.3) is 0 Å². The van der Waals surface area contributed by atoms with Crippen molar-refractivity contribution in [1.82, 2.24) is 5.32 Å². The van der Waals surface area contributed by atoms with E-state index in [1.165, 1.54) is 0 Å². The molecule has 6 heteroatoms. The number of carbonyl (C=O) groups is 2. The van der Waals surface area contributed by atoms with Gasteiger partial charge in [0.25, 0.3) is 0 Å². The molecule has 1 heterocycles. The molecule has 1 aromatic carbocycles. The van der Waals surface area contributed by atoms with Crippen LogP contribution in [0.2, 0.25) is 0 Å². The fourth-order valence-electron chi connectivity index (χ4n) is 2.15. The topological polar surface area (TPSA) is 76.7 Å². The number of nitrogens with one attached hydrogen (secondary N) is 2. The Morgan fingerprint density at radius 2 is 2.10 bits per heavy atom. The Kier molecular flexibility index (Phi) is 5.30. The Morgan fingerprint density at radius 1 is 1.38 bits per heavy atom. The van der Waals surface area contributed by atoms with Gasteiger partial charge in [-0.2, -0.15) is 0 Å². The Morgan fingerprint density at radius 3 is 2.71 bits per heavy atom. The van der Waals surface area contributed by atoms with Gasteiger partial charge in [0.1, 0.15) is 6.04 Å². The number of ether oxygens (including phenoxy) is 2. The van der Waals surface area contributed by atoms with Gasteiger partial charge in [0, 0.05) is 12.2 Å². The molecule has 0 spiro atoms. The zero-order chi connectivity index (χ0) is 15.2. The number of esters is 1. The second-order valence-corrected chi connectivity index (χ2v) is 4.79. The Labute approximate surface area is 123 Å². The minimum absolute atomic E-state index is 0.147. The third kappa shape index (κ3) is 4.03. The quantitative estimate of drug-likeness (QED) is 0.815. The summed E-state index contributed by atoms with van der Waals surface area (Å²) in [4.78, 5) is 23.7. The molecule has 2 N–H and O–H groups in total. The summed E-state index contributed by atoms with van der Waals surface area (Å²) in [7, 11) is 0. The fourth-order valence-corrected chi connectivity index (χ4v) is 2.15. The third-order valence-corrected chi connectivity index (χ3v) is 3.26. The predicted molar refractivity (Wildman–Crippen MR) is 78.2 cm³/mol. The molecule has 1 amide bonds. The summed E-state index contributed by atoms with van der Waals surface area (Å²) in [5.74, 6) is -0.516. The maximum absolute atomic E-state index is 12.2. The first kappa shape index (κ1) is 15.5. The maximum Gasteiger partial charge on any atom is 0.338 e. The van der Waals surface area contributed by atoms with Crippen LogP contribution in [-0.2, 0) is 14.3 Å². The maximum atomic E-state index is 12.2. The van der Waals surface area contributed by atoms with Crippen molar-refractivity contribution < 1.29 is 19.1 Å². The molecule has 1 aliphatic rings. The van der Waals surface area contributed by atoms with Gasteiger partial charge in [-0.25, -0.2) is 4.79 Å². The normalized spacial score (nSPS) is 21.6. The van der Waals surface area contributed by atoms with Crippen LogP contribution in [0.5, 0.6) is 0 Å². The van der Waals surface area contributed by atoms with E-state index in [0.29, 0.717) is 31.0 Å². The van der Waals surface area contributed by atoms with Gasteiger partial charge < -0.3 is 20.1 Å². The fraction of sp³-hybridized carbons (Fsp3) is 0.467. The van der Waals surface area contributed by atoms with E-state index in [2.05, 4.69) is 10.6 Å². The summed E-state index contributed by atoms with van der Waals surface area (Å²) in [6, 6.07) is 6.24. The first-order valence-corrected chi connectivity index (χ1v) is 7.05. The number of carbonyl (C=O) groups excluding carboxylic acids is 2. The molecule has 1 aliphatic heterocycles. The number of benzene rings is 1. The molecule has 0 radical (unpaired) electrons. The first-order chi connectivity index (χ1) is 10.1. The van der Waals surface area contributed by atoms with Crippen molar-refractivity contribution in [3.63, 3.8) is 0 Å². The van der Waals surface area contributed by atoms with Gasteiger partial charge in [0.15, 0.2) is 0 Å². The second kappa shape index (κ2) is 7.19. The zero-order valence-electron chi connectivity index (χ0n) is 12.2. The number of hydrogen-bond acceptors (Lipinski definition) is 5. The largest absolute Gasteiger partial charge is 0.462 e. The Hall–Kier alpha value is -1.92. The molecular weight excluding hydrogens is 272 g/mol. The van der Waals surface area contributed by atoms with Gasteiger partial charge in [0.2, 0.25) is 5.91 Å². The average Bonchev–Trinajstić information content (AvgIpc) is 2.48. The van der Waals surface area contributed by atoms with E-state index in [-0.39, 0.29) is 24.0 Å². The molecule has 114 valence electrons. The van der Waals surface area contributed by atoms with Crippen LogP contribution in [-0.4, -0.2) is 43.8 Å². The lowest BCUT2D eigenvalue weighted by Gasteiger charge is -2.29. The minimum atomic E-state index is -0.372. The predicted octanol–water partition coefficient (Wildman–Crippen LogP) is 1.18. The summed E-state index contributed by atoms with van der Waals surface area (Å²) >= 11 is 0. The van der Waals surface area contributed by atoms with Crippen molar-refractivity contribution in [2.75, 3.05) is 25.1 Å². The average molecular weight is 292 g/mol. The molecule has 1 saturated heterocycles. The molecule has 21 heavy (non-hydrogen) atoms. The highest BCUT2D eigenvalue weighted by atomic mass is 16.5. The Bertz CT molecular complexity index is 501. The summed E-state index contributed by atoms with van der Waals surface area (Å²) in [6.45, 7) is 5.22. The number of anilines is 1. The van der Waals surface area contributed by atoms with Crippen molar-refractivity contribution in [2.45, 2.75) is 26.0 Å². The van der Waals surface area contributed by atoms with Gasteiger partial charge >= 0.3 is 5.97 Å². The lowest BCUT2D eigenvalue weighted by Crippen LogP contribution is -2.53. The SMILES string of the molecule is CCOC(=O)c1ccc(NC(=O)[C@H]2NCCO[C@@H]2C)cc1. The second-order valence-electron chi connectivity index (χ2n) is 4.79. The van der Waals surface area contributed by atoms with Crippen molar-refractivity contribution in [1.29, 1.82) is 0 Å². The molecule has 1 aromatic rings. The van der Waals surface area contributed by atoms with Gasteiger partial charge in [-0.3, -0.25) is 4.79 Å². The van der Waals surface area contributed by atoms with Gasteiger partial charge in [0.05, 0.1) is 24.9 Å². The summed E-state index contributed by atoms with van der Waals surface area (Å²) in [5.41, 5.74) is 1.09. The van der Waals surface area contributed by atoms with Gasteiger partial charge in [-0.1, -0.05) is 0 Å². The van der Waals surface area contributed by atoms with Crippen molar-refractivity contribution in [3.05, 3.63) is 29.8 Å². The van der Waals surface area contributed by atoms with E-state index in [9.17, 15) is 9.59 Å². The first-order valence-electron chi connectivity index (χ1n) is 7.05. The number of hydrogen-bond donors (Lipinski definition) is 2. The van der Waals surface area contributed by atoms with Gasteiger partial charge in [-0.15, -0.1) is 0 Å².